The van der Waals surface area contributed by atoms with Crippen LogP contribution in [0.25, 0.3) is 5.76 Å². The number of carbonyl (C=O) groups is 2. The Labute approximate surface area is 196 Å². The highest BCUT2D eigenvalue weighted by molar-refractivity contribution is 6.51. The number of halogens is 1. The summed E-state index contributed by atoms with van der Waals surface area (Å²) in [6.07, 6.45) is 0. The predicted octanol–water partition coefficient (Wildman–Crippen LogP) is 5.37. The van der Waals surface area contributed by atoms with Gasteiger partial charge in [-0.1, -0.05) is 41.9 Å². The molecule has 0 aromatic heterocycles. The minimum Gasteiger partial charge on any atom is -0.507 e. The van der Waals surface area contributed by atoms with E-state index in [2.05, 4.69) is 0 Å². The molecule has 1 heterocycles. The second-order valence-electron chi connectivity index (χ2n) is 7.36. The summed E-state index contributed by atoms with van der Waals surface area (Å²) >= 11 is 6.23. The molecule has 3 aromatic carbocycles. The lowest BCUT2D eigenvalue weighted by molar-refractivity contribution is -0.132. The maximum atomic E-state index is 13.2. The molecule has 168 valence electrons. The fourth-order valence-electron chi connectivity index (χ4n) is 3.89. The molecule has 0 radical (unpaired) electrons. The van der Waals surface area contributed by atoms with Gasteiger partial charge in [-0.3, -0.25) is 14.5 Å². The first-order valence-corrected chi connectivity index (χ1v) is 10.8. The number of benzene rings is 3. The molecule has 1 aliphatic rings. The van der Waals surface area contributed by atoms with Crippen molar-refractivity contribution in [1.29, 1.82) is 0 Å². The van der Waals surface area contributed by atoms with Gasteiger partial charge in [-0.25, -0.2) is 0 Å². The molecular formula is C26H22ClNO5. The highest BCUT2D eigenvalue weighted by Crippen LogP contribution is 2.43. The normalized spacial score (nSPS) is 17.3. The van der Waals surface area contributed by atoms with E-state index in [9.17, 15) is 14.7 Å². The van der Waals surface area contributed by atoms with Gasteiger partial charge in [0.2, 0.25) is 0 Å². The SMILES string of the molecule is CCOc1ccc(N2C(=O)C(=O)/C(=C(\O)c3ccc(OC)c(Cl)c3)C2c2ccccc2)cc1. The molecule has 0 saturated carbocycles. The fourth-order valence-corrected chi connectivity index (χ4v) is 4.15. The van der Waals surface area contributed by atoms with Crippen molar-refractivity contribution in [2.24, 2.45) is 0 Å². The van der Waals surface area contributed by atoms with Crippen molar-refractivity contribution >= 4 is 34.7 Å². The molecule has 1 unspecified atom stereocenters. The van der Waals surface area contributed by atoms with Gasteiger partial charge in [0.1, 0.15) is 17.3 Å². The molecule has 6 nitrogen and oxygen atoms in total. The Morgan fingerprint density at radius 3 is 2.33 bits per heavy atom. The lowest BCUT2D eigenvalue weighted by Gasteiger charge is -2.25. The van der Waals surface area contributed by atoms with Crippen LogP contribution in [0.5, 0.6) is 11.5 Å². The number of Topliss-reactive ketones (excluding diaryl/α,β-unsaturated/α-hetero) is 1. The predicted molar refractivity (Wildman–Crippen MR) is 127 cm³/mol. The van der Waals surface area contributed by atoms with Crippen molar-refractivity contribution in [3.63, 3.8) is 0 Å². The molecule has 0 aliphatic carbocycles. The van der Waals surface area contributed by atoms with E-state index >= 15 is 0 Å². The van der Waals surface area contributed by atoms with Crippen LogP contribution in [-0.4, -0.2) is 30.5 Å². The largest absolute Gasteiger partial charge is 0.507 e. The molecule has 1 saturated heterocycles. The van der Waals surface area contributed by atoms with E-state index in [1.165, 1.54) is 18.1 Å². The summed E-state index contributed by atoms with van der Waals surface area (Å²) in [5, 5.41) is 11.4. The number of hydrogen-bond acceptors (Lipinski definition) is 5. The number of nitrogens with zero attached hydrogens (tertiary/aromatic N) is 1. The zero-order valence-electron chi connectivity index (χ0n) is 18.1. The van der Waals surface area contributed by atoms with Crippen LogP contribution in [0.2, 0.25) is 5.02 Å². The maximum absolute atomic E-state index is 13.2. The van der Waals surface area contributed by atoms with Gasteiger partial charge in [-0.2, -0.15) is 0 Å². The van der Waals surface area contributed by atoms with Crippen LogP contribution in [-0.2, 0) is 9.59 Å². The molecule has 1 amide bonds. The molecule has 1 N–H and O–H groups in total. The first-order chi connectivity index (χ1) is 16.0. The summed E-state index contributed by atoms with van der Waals surface area (Å²) in [4.78, 5) is 27.7. The number of aliphatic hydroxyl groups is 1. The summed E-state index contributed by atoms with van der Waals surface area (Å²) < 4.78 is 10.7. The molecule has 1 aliphatic heterocycles. The second kappa shape index (κ2) is 9.38. The summed E-state index contributed by atoms with van der Waals surface area (Å²) in [6, 6.07) is 19.9. The van der Waals surface area contributed by atoms with Crippen molar-refractivity contribution in [3.8, 4) is 11.5 Å². The van der Waals surface area contributed by atoms with Crippen LogP contribution in [0.4, 0.5) is 5.69 Å². The monoisotopic (exact) mass is 463 g/mol. The van der Waals surface area contributed by atoms with Crippen molar-refractivity contribution in [3.05, 3.63) is 94.5 Å². The third-order valence-electron chi connectivity index (χ3n) is 5.41. The molecule has 7 heteroatoms. The standard InChI is InChI=1S/C26H22ClNO5/c1-3-33-19-12-10-18(11-13-19)28-23(16-7-5-4-6-8-16)22(25(30)26(28)31)24(29)17-9-14-21(32-2)20(27)15-17/h4-15,23,29H,3H2,1-2H3/b24-22-. The van der Waals surface area contributed by atoms with E-state index in [0.29, 0.717) is 34.9 Å². The minimum atomic E-state index is -0.815. The zero-order valence-corrected chi connectivity index (χ0v) is 18.9. The molecule has 1 fully saturated rings. The summed E-state index contributed by atoms with van der Waals surface area (Å²) in [5.74, 6) is -0.721. The average Bonchev–Trinajstić information content (AvgIpc) is 3.10. The summed E-state index contributed by atoms with van der Waals surface area (Å²) in [7, 11) is 1.48. The molecule has 4 rings (SSSR count). The van der Waals surface area contributed by atoms with Crippen LogP contribution < -0.4 is 14.4 Å². The third kappa shape index (κ3) is 4.17. The first-order valence-electron chi connectivity index (χ1n) is 10.4. The lowest BCUT2D eigenvalue weighted by atomic mass is 9.95. The number of rotatable bonds is 6. The lowest BCUT2D eigenvalue weighted by Crippen LogP contribution is -2.29. The number of hydrogen-bond donors (Lipinski definition) is 1. The van der Waals surface area contributed by atoms with Crippen molar-refractivity contribution in [2.45, 2.75) is 13.0 Å². The number of aliphatic hydroxyl groups excluding tert-OH is 1. The Morgan fingerprint density at radius 1 is 1.03 bits per heavy atom. The number of ether oxygens (including phenoxy) is 2. The van der Waals surface area contributed by atoms with E-state index in [1.807, 2.05) is 37.3 Å². The van der Waals surface area contributed by atoms with Gasteiger partial charge in [-0.15, -0.1) is 0 Å². The molecule has 0 bridgehead atoms. The van der Waals surface area contributed by atoms with Gasteiger partial charge in [0.15, 0.2) is 0 Å². The highest BCUT2D eigenvalue weighted by Gasteiger charge is 2.46. The van der Waals surface area contributed by atoms with Gasteiger partial charge >= 0.3 is 0 Å². The van der Waals surface area contributed by atoms with Crippen molar-refractivity contribution < 1.29 is 24.2 Å². The Balaban J connectivity index is 1.87. The van der Waals surface area contributed by atoms with E-state index in [4.69, 9.17) is 21.1 Å². The zero-order chi connectivity index (χ0) is 23.5. The molecule has 33 heavy (non-hydrogen) atoms. The number of ketones is 1. The van der Waals surface area contributed by atoms with Gasteiger partial charge in [0.05, 0.1) is 30.4 Å². The summed E-state index contributed by atoms with van der Waals surface area (Å²) in [6.45, 7) is 2.39. The molecule has 0 spiro atoms. The van der Waals surface area contributed by atoms with Crippen LogP contribution in [0.15, 0.2) is 78.4 Å². The number of amides is 1. The van der Waals surface area contributed by atoms with Crippen molar-refractivity contribution in [2.75, 3.05) is 18.6 Å². The van der Waals surface area contributed by atoms with Gasteiger partial charge in [0, 0.05) is 11.3 Å². The van der Waals surface area contributed by atoms with E-state index in [0.717, 1.165) is 0 Å². The third-order valence-corrected chi connectivity index (χ3v) is 5.71. The van der Waals surface area contributed by atoms with Crippen molar-refractivity contribution in [1.82, 2.24) is 0 Å². The van der Waals surface area contributed by atoms with Crippen LogP contribution in [0, 0.1) is 0 Å². The van der Waals surface area contributed by atoms with Gasteiger partial charge in [0.25, 0.3) is 11.7 Å². The van der Waals surface area contributed by atoms with Crippen LogP contribution in [0.3, 0.4) is 0 Å². The Kier molecular flexibility index (Phi) is 6.38. The molecule has 3 aromatic rings. The molecular weight excluding hydrogens is 442 g/mol. The fraction of sp³-hybridized carbons (Fsp3) is 0.154. The van der Waals surface area contributed by atoms with Crippen LogP contribution in [0.1, 0.15) is 24.1 Å². The highest BCUT2D eigenvalue weighted by atomic mass is 35.5. The molecule has 1 atom stereocenters. The summed E-state index contributed by atoms with van der Waals surface area (Å²) in [5.41, 5.74) is 1.50. The van der Waals surface area contributed by atoms with Gasteiger partial charge in [-0.05, 0) is 55.0 Å². The maximum Gasteiger partial charge on any atom is 0.300 e. The van der Waals surface area contributed by atoms with E-state index < -0.39 is 17.7 Å². The smallest absolute Gasteiger partial charge is 0.300 e. The average molecular weight is 464 g/mol. The quantitative estimate of drug-likeness (QED) is 0.302. The van der Waals surface area contributed by atoms with Gasteiger partial charge < -0.3 is 14.6 Å². The van der Waals surface area contributed by atoms with E-state index in [-0.39, 0.29) is 16.4 Å². The topological polar surface area (TPSA) is 76.1 Å². The number of anilines is 1. The Bertz CT molecular complexity index is 1220. The minimum absolute atomic E-state index is 0.0127. The number of methoxy groups -OCH3 is 1. The van der Waals surface area contributed by atoms with E-state index in [1.54, 1.807) is 36.4 Å². The Hall–Kier alpha value is -3.77. The first kappa shape index (κ1) is 22.4. The second-order valence-corrected chi connectivity index (χ2v) is 7.76. The number of carbonyl (C=O) groups excluding carboxylic acids is 2. The Morgan fingerprint density at radius 2 is 1.73 bits per heavy atom. The van der Waals surface area contributed by atoms with Crippen LogP contribution >= 0.6 is 11.6 Å².